The minimum absolute atomic E-state index is 0.259. The van der Waals surface area contributed by atoms with Crippen LogP contribution in [0.1, 0.15) is 11.1 Å². The van der Waals surface area contributed by atoms with Crippen molar-refractivity contribution in [3.05, 3.63) is 65.7 Å². The Hall–Kier alpha value is -2.13. The van der Waals surface area contributed by atoms with Gasteiger partial charge >= 0.3 is 0 Å². The summed E-state index contributed by atoms with van der Waals surface area (Å²) in [5.74, 6) is 0.259. The first-order valence-electron chi connectivity index (χ1n) is 6.36. The van der Waals surface area contributed by atoms with Crippen LogP contribution >= 0.6 is 0 Å². The molecule has 0 aliphatic rings. The van der Waals surface area contributed by atoms with Gasteiger partial charge in [-0.1, -0.05) is 42.5 Å². The Kier molecular flexibility index (Phi) is 4.70. The fourth-order valence-electron chi connectivity index (χ4n) is 1.88. The summed E-state index contributed by atoms with van der Waals surface area (Å²) in [4.78, 5) is 4.61. The summed E-state index contributed by atoms with van der Waals surface area (Å²) < 4.78 is 0. The molecule has 0 saturated heterocycles. The Labute approximate surface area is 113 Å². The molecule has 2 rings (SSSR count). The van der Waals surface area contributed by atoms with Crippen LogP contribution in [0.25, 0.3) is 0 Å². The van der Waals surface area contributed by atoms with Crippen LogP contribution in [0, 0.1) is 0 Å². The molecule has 19 heavy (non-hydrogen) atoms. The predicted molar refractivity (Wildman–Crippen MR) is 79.0 cm³/mol. The zero-order valence-corrected chi connectivity index (χ0v) is 11.0. The van der Waals surface area contributed by atoms with Gasteiger partial charge in [0, 0.05) is 17.7 Å². The second kappa shape index (κ2) is 6.71. The van der Waals surface area contributed by atoms with Gasteiger partial charge in [0.2, 0.25) is 0 Å². The highest BCUT2D eigenvalue weighted by atomic mass is 16.3. The molecule has 0 fully saturated rings. The number of nitrogens with one attached hydrogen (secondary N) is 1. The zero-order valence-electron chi connectivity index (χ0n) is 11.0. The van der Waals surface area contributed by atoms with Crippen molar-refractivity contribution in [1.82, 2.24) is 5.32 Å². The number of likely N-dealkylation sites (N-methyl/N-ethyl adjacent to an activating group) is 1. The van der Waals surface area contributed by atoms with Gasteiger partial charge in [0.1, 0.15) is 5.75 Å². The van der Waals surface area contributed by atoms with E-state index in [1.165, 1.54) is 0 Å². The van der Waals surface area contributed by atoms with Crippen molar-refractivity contribution in [3.63, 3.8) is 0 Å². The zero-order chi connectivity index (χ0) is 13.5. The van der Waals surface area contributed by atoms with Gasteiger partial charge in [0.25, 0.3) is 0 Å². The molecule has 0 spiro atoms. The lowest BCUT2D eigenvalue weighted by Crippen LogP contribution is -2.13. The Bertz CT molecular complexity index is 550. The normalized spacial score (nSPS) is 11.5. The van der Waals surface area contributed by atoms with Crippen molar-refractivity contribution in [2.24, 2.45) is 4.99 Å². The summed E-state index contributed by atoms with van der Waals surface area (Å²) >= 11 is 0. The quantitative estimate of drug-likeness (QED) is 0.636. The highest BCUT2D eigenvalue weighted by Gasteiger charge is 2.10. The molecular formula is C16H18N2O. The van der Waals surface area contributed by atoms with Crippen LogP contribution in [-0.4, -0.2) is 31.0 Å². The Balaban J connectivity index is 2.41. The van der Waals surface area contributed by atoms with Crippen molar-refractivity contribution >= 4 is 5.71 Å². The third-order valence-corrected chi connectivity index (χ3v) is 2.84. The van der Waals surface area contributed by atoms with Crippen LogP contribution in [0.2, 0.25) is 0 Å². The Morgan fingerprint density at radius 1 is 1.05 bits per heavy atom. The summed E-state index contributed by atoms with van der Waals surface area (Å²) in [6, 6.07) is 17.2. The molecule has 0 radical (unpaired) electrons. The smallest absolute Gasteiger partial charge is 0.124 e. The fraction of sp³-hybridized carbons (Fsp3) is 0.188. The van der Waals surface area contributed by atoms with E-state index < -0.39 is 0 Å². The summed E-state index contributed by atoms with van der Waals surface area (Å²) in [5.41, 5.74) is 2.61. The maximum atomic E-state index is 10.0. The maximum Gasteiger partial charge on any atom is 0.124 e. The molecule has 0 amide bonds. The molecule has 3 heteroatoms. The molecule has 0 aliphatic heterocycles. The van der Waals surface area contributed by atoms with E-state index in [-0.39, 0.29) is 5.75 Å². The molecule has 3 nitrogen and oxygen atoms in total. The van der Waals surface area contributed by atoms with E-state index in [0.29, 0.717) is 6.54 Å². The first-order valence-corrected chi connectivity index (χ1v) is 6.36. The first-order chi connectivity index (χ1) is 9.33. The minimum atomic E-state index is 0.259. The molecule has 2 N–H and O–H groups in total. The third-order valence-electron chi connectivity index (χ3n) is 2.84. The summed E-state index contributed by atoms with van der Waals surface area (Å²) in [7, 11) is 1.90. The molecule has 0 atom stereocenters. The van der Waals surface area contributed by atoms with Crippen LogP contribution in [0.5, 0.6) is 5.75 Å². The van der Waals surface area contributed by atoms with E-state index in [1.807, 2.05) is 55.6 Å². The number of aromatic hydroxyl groups is 1. The lowest BCUT2D eigenvalue weighted by Gasteiger charge is -2.09. The highest BCUT2D eigenvalue weighted by Crippen LogP contribution is 2.20. The average Bonchev–Trinajstić information content (AvgIpc) is 2.46. The Morgan fingerprint density at radius 3 is 2.42 bits per heavy atom. The third kappa shape index (κ3) is 3.42. The molecule has 2 aromatic rings. The number of phenols is 1. The van der Waals surface area contributed by atoms with E-state index >= 15 is 0 Å². The van der Waals surface area contributed by atoms with Gasteiger partial charge in [-0.2, -0.15) is 0 Å². The second-order valence-corrected chi connectivity index (χ2v) is 4.22. The standard InChI is InChI=1S/C16H18N2O/c1-17-11-12-18-16(13-7-3-2-4-8-13)14-9-5-6-10-15(14)19/h2-10,17,19H,11-12H2,1H3. The lowest BCUT2D eigenvalue weighted by molar-refractivity contribution is 0.474. The van der Waals surface area contributed by atoms with Gasteiger partial charge in [-0.05, 0) is 19.2 Å². The summed E-state index contributed by atoms with van der Waals surface area (Å²) in [5, 5.41) is 13.1. The number of aliphatic imine (C=N–C) groups is 1. The van der Waals surface area contributed by atoms with E-state index in [9.17, 15) is 5.11 Å². The van der Waals surface area contributed by atoms with E-state index in [1.54, 1.807) is 6.07 Å². The van der Waals surface area contributed by atoms with Crippen molar-refractivity contribution in [2.45, 2.75) is 0 Å². The molecule has 98 valence electrons. The van der Waals surface area contributed by atoms with Crippen molar-refractivity contribution in [2.75, 3.05) is 20.1 Å². The maximum absolute atomic E-state index is 10.0. The number of benzene rings is 2. The lowest BCUT2D eigenvalue weighted by atomic mass is 10.0. The van der Waals surface area contributed by atoms with Crippen molar-refractivity contribution < 1.29 is 5.11 Å². The fourth-order valence-corrected chi connectivity index (χ4v) is 1.88. The monoisotopic (exact) mass is 254 g/mol. The van der Waals surface area contributed by atoms with E-state index in [2.05, 4.69) is 10.3 Å². The molecule has 2 aromatic carbocycles. The van der Waals surface area contributed by atoms with Gasteiger partial charge in [-0.25, -0.2) is 0 Å². The van der Waals surface area contributed by atoms with Crippen molar-refractivity contribution in [3.8, 4) is 5.75 Å². The van der Waals surface area contributed by atoms with Crippen LogP contribution < -0.4 is 5.32 Å². The van der Waals surface area contributed by atoms with Crippen LogP contribution in [0.15, 0.2) is 59.6 Å². The molecule has 0 aromatic heterocycles. The topological polar surface area (TPSA) is 44.6 Å². The second-order valence-electron chi connectivity index (χ2n) is 4.22. The van der Waals surface area contributed by atoms with E-state index in [0.717, 1.165) is 23.4 Å². The van der Waals surface area contributed by atoms with Gasteiger partial charge in [0.15, 0.2) is 0 Å². The number of hydrogen-bond acceptors (Lipinski definition) is 3. The molecule has 0 heterocycles. The predicted octanol–water partition coefficient (Wildman–Crippen LogP) is 2.45. The number of hydrogen-bond donors (Lipinski definition) is 2. The largest absolute Gasteiger partial charge is 0.507 e. The van der Waals surface area contributed by atoms with Crippen LogP contribution in [0.3, 0.4) is 0 Å². The number of nitrogens with zero attached hydrogens (tertiary/aromatic N) is 1. The highest BCUT2D eigenvalue weighted by molar-refractivity contribution is 6.14. The summed E-state index contributed by atoms with van der Waals surface area (Å²) in [6.45, 7) is 1.49. The van der Waals surface area contributed by atoms with Gasteiger partial charge in [0.05, 0.1) is 12.3 Å². The Morgan fingerprint density at radius 2 is 1.74 bits per heavy atom. The number of rotatable bonds is 5. The van der Waals surface area contributed by atoms with Crippen LogP contribution in [-0.2, 0) is 0 Å². The van der Waals surface area contributed by atoms with Gasteiger partial charge in [-0.15, -0.1) is 0 Å². The first kappa shape index (κ1) is 13.3. The SMILES string of the molecule is CNCCN=C(c1ccccc1)c1ccccc1O. The minimum Gasteiger partial charge on any atom is -0.507 e. The average molecular weight is 254 g/mol. The number of para-hydroxylation sites is 1. The van der Waals surface area contributed by atoms with Gasteiger partial charge < -0.3 is 10.4 Å². The van der Waals surface area contributed by atoms with E-state index in [4.69, 9.17) is 0 Å². The molecule has 0 aliphatic carbocycles. The number of phenolic OH excluding ortho intramolecular Hbond substituents is 1. The van der Waals surface area contributed by atoms with Crippen LogP contribution in [0.4, 0.5) is 0 Å². The van der Waals surface area contributed by atoms with Crippen molar-refractivity contribution in [1.29, 1.82) is 0 Å². The molecule has 0 unspecified atom stereocenters. The van der Waals surface area contributed by atoms with Gasteiger partial charge in [-0.3, -0.25) is 4.99 Å². The molecule has 0 saturated carbocycles. The molecule has 0 bridgehead atoms. The molecular weight excluding hydrogens is 236 g/mol. The summed E-state index contributed by atoms with van der Waals surface area (Å²) in [6.07, 6.45) is 0.